The van der Waals surface area contributed by atoms with E-state index in [4.69, 9.17) is 0 Å². The predicted molar refractivity (Wildman–Crippen MR) is 132 cm³/mol. The fourth-order valence-corrected chi connectivity index (χ4v) is 10.3. The van der Waals surface area contributed by atoms with Crippen molar-refractivity contribution in [2.24, 2.45) is 50.7 Å². The van der Waals surface area contributed by atoms with E-state index in [0.29, 0.717) is 17.3 Å². The molecule has 9 atom stereocenters. The van der Waals surface area contributed by atoms with Crippen LogP contribution in [0.2, 0.25) is 0 Å². The highest BCUT2D eigenvalue weighted by Gasteiger charge is 2.67. The lowest BCUT2D eigenvalue weighted by Gasteiger charge is -2.69. The smallest absolute Gasteiger partial charge is 0.0642 e. The van der Waals surface area contributed by atoms with Gasteiger partial charge in [0.05, 0.1) is 12.2 Å². The predicted octanol–water partition coefficient (Wildman–Crippen LogP) is 6.92. The van der Waals surface area contributed by atoms with Gasteiger partial charge in [0.1, 0.15) is 0 Å². The standard InChI is InChI=1S/C30H48O2/c1-18-16-26(2,3)17-20-19(18)11-14-29(7)21(20)9-10-22-28(6)13-12-24(31)27(4,5)23(28)15-25(32)30(22,29)8/h9-10,18-20,23-25,31-32H,11-17H2,1-8H3/t18-,19-,20-,23+,24+,25-,28-,29-,30+/m1/s1. The van der Waals surface area contributed by atoms with Crippen molar-refractivity contribution in [1.82, 2.24) is 0 Å². The third-order valence-corrected chi connectivity index (χ3v) is 12.2. The average molecular weight is 441 g/mol. The molecule has 0 aliphatic heterocycles. The van der Waals surface area contributed by atoms with E-state index >= 15 is 0 Å². The van der Waals surface area contributed by atoms with E-state index in [2.05, 4.69) is 67.5 Å². The molecule has 4 fully saturated rings. The minimum Gasteiger partial charge on any atom is -0.393 e. The fourth-order valence-electron chi connectivity index (χ4n) is 10.3. The first-order valence-corrected chi connectivity index (χ1v) is 13.5. The largest absolute Gasteiger partial charge is 0.393 e. The first kappa shape index (κ1) is 23.2. The Balaban J connectivity index is 1.65. The van der Waals surface area contributed by atoms with Gasteiger partial charge in [-0.2, -0.15) is 0 Å². The summed E-state index contributed by atoms with van der Waals surface area (Å²) in [5.41, 5.74) is 3.24. The highest BCUT2D eigenvalue weighted by molar-refractivity contribution is 5.46. The average Bonchev–Trinajstić information content (AvgIpc) is 2.67. The number of allylic oxidation sites excluding steroid dienone is 3. The van der Waals surface area contributed by atoms with Crippen LogP contribution in [0.15, 0.2) is 23.3 Å². The summed E-state index contributed by atoms with van der Waals surface area (Å²) in [6.45, 7) is 19.3. The molecule has 0 heterocycles. The van der Waals surface area contributed by atoms with Crippen LogP contribution in [0, 0.1) is 50.7 Å². The van der Waals surface area contributed by atoms with Gasteiger partial charge >= 0.3 is 0 Å². The molecular formula is C30H48O2. The molecule has 4 saturated carbocycles. The molecule has 0 radical (unpaired) electrons. The zero-order valence-corrected chi connectivity index (χ0v) is 22.0. The van der Waals surface area contributed by atoms with Crippen molar-refractivity contribution in [3.05, 3.63) is 23.3 Å². The summed E-state index contributed by atoms with van der Waals surface area (Å²) in [5, 5.41) is 22.8. The quantitative estimate of drug-likeness (QED) is 0.429. The lowest BCUT2D eigenvalue weighted by molar-refractivity contribution is -0.164. The van der Waals surface area contributed by atoms with E-state index in [9.17, 15) is 10.2 Å². The van der Waals surface area contributed by atoms with Gasteiger partial charge in [-0.25, -0.2) is 0 Å². The van der Waals surface area contributed by atoms with Gasteiger partial charge in [0.2, 0.25) is 0 Å². The molecule has 0 spiro atoms. The van der Waals surface area contributed by atoms with E-state index in [0.717, 1.165) is 31.1 Å². The molecule has 0 unspecified atom stereocenters. The summed E-state index contributed by atoms with van der Waals surface area (Å²) >= 11 is 0. The van der Waals surface area contributed by atoms with Gasteiger partial charge < -0.3 is 10.2 Å². The van der Waals surface area contributed by atoms with Gasteiger partial charge in [-0.05, 0) is 84.9 Å². The normalized spacial score (nSPS) is 53.7. The summed E-state index contributed by atoms with van der Waals surface area (Å²) in [7, 11) is 0. The molecule has 5 rings (SSSR count). The van der Waals surface area contributed by atoms with Crippen molar-refractivity contribution in [1.29, 1.82) is 0 Å². The lowest BCUT2D eigenvalue weighted by Crippen LogP contribution is -2.64. The van der Waals surface area contributed by atoms with Crippen molar-refractivity contribution in [2.75, 3.05) is 0 Å². The van der Waals surface area contributed by atoms with E-state index < -0.39 is 0 Å². The Kier molecular flexibility index (Phi) is 4.88. The number of fused-ring (bicyclic) bond motifs is 7. The molecule has 0 aromatic rings. The monoisotopic (exact) mass is 440 g/mol. The molecule has 0 bridgehead atoms. The van der Waals surface area contributed by atoms with Crippen molar-refractivity contribution in [3.8, 4) is 0 Å². The Morgan fingerprint density at radius 3 is 2.22 bits per heavy atom. The summed E-state index contributed by atoms with van der Waals surface area (Å²) in [6.07, 6.45) is 12.2. The molecule has 0 aromatic heterocycles. The second-order valence-electron chi connectivity index (χ2n) is 14.7. The number of rotatable bonds is 0. The van der Waals surface area contributed by atoms with E-state index in [1.54, 1.807) is 5.57 Å². The zero-order chi connectivity index (χ0) is 23.5. The molecule has 0 amide bonds. The first-order chi connectivity index (χ1) is 14.7. The van der Waals surface area contributed by atoms with Crippen molar-refractivity contribution in [3.63, 3.8) is 0 Å². The van der Waals surface area contributed by atoms with Crippen LogP contribution in [-0.2, 0) is 0 Å². The van der Waals surface area contributed by atoms with E-state index in [-0.39, 0.29) is 33.9 Å². The van der Waals surface area contributed by atoms with Gasteiger partial charge in [-0.15, -0.1) is 0 Å². The molecule has 0 saturated heterocycles. The van der Waals surface area contributed by atoms with Crippen LogP contribution in [0.25, 0.3) is 0 Å². The maximum atomic E-state index is 11.9. The number of aliphatic hydroxyl groups is 2. The van der Waals surface area contributed by atoms with Gasteiger partial charge in [0.15, 0.2) is 0 Å². The molecule has 32 heavy (non-hydrogen) atoms. The van der Waals surface area contributed by atoms with Gasteiger partial charge in [0, 0.05) is 10.8 Å². The molecular weight excluding hydrogens is 392 g/mol. The first-order valence-electron chi connectivity index (χ1n) is 13.5. The van der Waals surface area contributed by atoms with Crippen LogP contribution in [-0.4, -0.2) is 22.4 Å². The highest BCUT2D eigenvalue weighted by Crippen LogP contribution is 2.73. The highest BCUT2D eigenvalue weighted by atomic mass is 16.3. The van der Waals surface area contributed by atoms with Gasteiger partial charge in [-0.3, -0.25) is 0 Å². The Morgan fingerprint density at radius 1 is 0.844 bits per heavy atom. The molecule has 2 N–H and O–H groups in total. The summed E-state index contributed by atoms with van der Waals surface area (Å²) in [5.74, 6) is 2.56. The van der Waals surface area contributed by atoms with Crippen LogP contribution < -0.4 is 0 Å². The number of hydrogen-bond acceptors (Lipinski definition) is 2. The lowest BCUT2D eigenvalue weighted by atomic mass is 9.36. The third-order valence-electron chi connectivity index (χ3n) is 12.2. The zero-order valence-electron chi connectivity index (χ0n) is 22.0. The minimum atomic E-state index is -0.351. The number of aliphatic hydroxyl groups excluding tert-OH is 2. The van der Waals surface area contributed by atoms with Crippen LogP contribution >= 0.6 is 0 Å². The SMILES string of the molecule is C[C@@H]1CC(C)(C)C[C@H]2C3=CC=C4[C@@](C)([C@H](O)C[C@H]5C(C)(C)[C@@H](O)CC[C@]45C)[C@]3(C)CC[C@H]12. The molecule has 180 valence electrons. The van der Waals surface area contributed by atoms with Gasteiger partial charge in [-0.1, -0.05) is 78.7 Å². The van der Waals surface area contributed by atoms with Crippen molar-refractivity contribution >= 4 is 0 Å². The van der Waals surface area contributed by atoms with Gasteiger partial charge in [0.25, 0.3) is 0 Å². The molecule has 5 aliphatic rings. The van der Waals surface area contributed by atoms with Crippen LogP contribution in [0.4, 0.5) is 0 Å². The third kappa shape index (κ3) is 2.72. The minimum absolute atomic E-state index is 0.0268. The Labute approximate surface area is 197 Å². The Morgan fingerprint density at radius 2 is 1.53 bits per heavy atom. The summed E-state index contributed by atoms with van der Waals surface area (Å²) in [6, 6.07) is 0. The molecule has 2 heteroatoms. The molecule has 0 aromatic carbocycles. The maximum Gasteiger partial charge on any atom is 0.0642 e. The van der Waals surface area contributed by atoms with Crippen LogP contribution in [0.5, 0.6) is 0 Å². The maximum absolute atomic E-state index is 11.9. The number of hydrogen-bond donors (Lipinski definition) is 2. The molecule has 5 aliphatic carbocycles. The Hall–Kier alpha value is -0.600. The molecule has 2 nitrogen and oxygen atoms in total. The Bertz CT molecular complexity index is 864. The topological polar surface area (TPSA) is 40.5 Å². The second-order valence-corrected chi connectivity index (χ2v) is 14.7. The summed E-state index contributed by atoms with van der Waals surface area (Å²) in [4.78, 5) is 0. The van der Waals surface area contributed by atoms with E-state index in [1.807, 2.05) is 0 Å². The fraction of sp³-hybridized carbons (Fsp3) is 0.867. The second kappa shape index (κ2) is 6.75. The van der Waals surface area contributed by atoms with Crippen LogP contribution in [0.1, 0.15) is 100 Å². The van der Waals surface area contributed by atoms with Crippen molar-refractivity contribution in [2.45, 2.75) is 113 Å². The van der Waals surface area contributed by atoms with Crippen LogP contribution in [0.3, 0.4) is 0 Å². The van der Waals surface area contributed by atoms with Crippen molar-refractivity contribution < 1.29 is 10.2 Å². The summed E-state index contributed by atoms with van der Waals surface area (Å²) < 4.78 is 0. The van der Waals surface area contributed by atoms with E-state index in [1.165, 1.54) is 31.3 Å².